The third kappa shape index (κ3) is 4.79. The third-order valence-electron chi connectivity index (χ3n) is 2.14. The van der Waals surface area contributed by atoms with Gasteiger partial charge in [-0.05, 0) is 18.9 Å². The first-order valence-corrected chi connectivity index (χ1v) is 6.07. The maximum Gasteiger partial charge on any atom is 0.240 e. The van der Waals surface area contributed by atoms with Gasteiger partial charge in [-0.3, -0.25) is 0 Å². The average molecular weight is 254 g/mol. The highest BCUT2D eigenvalue weighted by Crippen LogP contribution is 2.23. The van der Waals surface area contributed by atoms with E-state index < -0.39 is 0 Å². The Bertz CT molecular complexity index is 369. The van der Waals surface area contributed by atoms with Gasteiger partial charge in [0.15, 0.2) is 0 Å². The van der Waals surface area contributed by atoms with Crippen LogP contribution in [0.2, 0.25) is 0 Å². The molecule has 0 saturated carbocycles. The van der Waals surface area contributed by atoms with E-state index in [0.29, 0.717) is 36.6 Å². The molecule has 0 spiro atoms. The molecule has 1 unspecified atom stereocenters. The molecule has 0 amide bonds. The van der Waals surface area contributed by atoms with Crippen LogP contribution in [0.4, 0.5) is 5.69 Å². The third-order valence-corrected chi connectivity index (χ3v) is 2.14. The van der Waals surface area contributed by atoms with E-state index in [9.17, 15) is 0 Å². The number of nitrogens with zero attached hydrogens (tertiary/aromatic N) is 1. The van der Waals surface area contributed by atoms with Crippen LogP contribution in [0, 0.1) is 5.92 Å². The maximum atomic E-state index is 5.80. The fraction of sp³-hybridized carbons (Fsp3) is 0.615. The van der Waals surface area contributed by atoms with Gasteiger partial charge in [0.25, 0.3) is 0 Å². The zero-order chi connectivity index (χ0) is 13.5. The van der Waals surface area contributed by atoms with E-state index in [2.05, 4.69) is 18.8 Å². The molecule has 5 heteroatoms. The number of methoxy groups -OCH3 is 1. The number of ether oxygens (including phenoxy) is 3. The van der Waals surface area contributed by atoms with Crippen molar-refractivity contribution in [1.82, 2.24) is 4.98 Å². The van der Waals surface area contributed by atoms with Crippen LogP contribution in [-0.2, 0) is 4.74 Å². The zero-order valence-corrected chi connectivity index (χ0v) is 11.5. The molecule has 0 bridgehead atoms. The van der Waals surface area contributed by atoms with Crippen molar-refractivity contribution < 1.29 is 14.2 Å². The minimum Gasteiger partial charge on any atom is -0.476 e. The number of anilines is 1. The zero-order valence-electron chi connectivity index (χ0n) is 11.5. The fourth-order valence-electron chi connectivity index (χ4n) is 1.34. The Morgan fingerprint density at radius 1 is 1.22 bits per heavy atom. The van der Waals surface area contributed by atoms with Crippen molar-refractivity contribution in [2.45, 2.75) is 26.9 Å². The smallest absolute Gasteiger partial charge is 0.240 e. The van der Waals surface area contributed by atoms with Crippen LogP contribution in [0.1, 0.15) is 20.8 Å². The van der Waals surface area contributed by atoms with Crippen LogP contribution in [0.5, 0.6) is 11.8 Å². The lowest BCUT2D eigenvalue weighted by atomic mass is 10.2. The van der Waals surface area contributed by atoms with Crippen LogP contribution in [0.15, 0.2) is 12.1 Å². The van der Waals surface area contributed by atoms with Crippen LogP contribution in [-0.4, -0.2) is 31.4 Å². The Morgan fingerprint density at radius 2 is 1.94 bits per heavy atom. The summed E-state index contributed by atoms with van der Waals surface area (Å²) < 4.78 is 16.1. The van der Waals surface area contributed by atoms with Gasteiger partial charge in [0.2, 0.25) is 11.8 Å². The van der Waals surface area contributed by atoms with Crippen molar-refractivity contribution in [2.75, 3.05) is 26.1 Å². The van der Waals surface area contributed by atoms with Gasteiger partial charge in [-0.1, -0.05) is 13.8 Å². The van der Waals surface area contributed by atoms with Crippen LogP contribution < -0.4 is 15.2 Å². The molecule has 0 saturated heterocycles. The molecule has 0 radical (unpaired) electrons. The second-order valence-corrected chi connectivity index (χ2v) is 4.63. The van der Waals surface area contributed by atoms with Gasteiger partial charge in [0.1, 0.15) is 6.10 Å². The van der Waals surface area contributed by atoms with E-state index >= 15 is 0 Å². The number of nitrogen functional groups attached to an aromatic ring is 1. The summed E-state index contributed by atoms with van der Waals surface area (Å²) in [5.41, 5.74) is 6.31. The Morgan fingerprint density at radius 3 is 2.56 bits per heavy atom. The summed E-state index contributed by atoms with van der Waals surface area (Å²) in [5.74, 6) is 1.33. The largest absolute Gasteiger partial charge is 0.476 e. The first-order valence-electron chi connectivity index (χ1n) is 6.07. The topological polar surface area (TPSA) is 66.6 Å². The molecule has 102 valence electrons. The van der Waals surface area contributed by atoms with Gasteiger partial charge in [0, 0.05) is 13.2 Å². The lowest BCUT2D eigenvalue weighted by molar-refractivity contribution is 0.0883. The summed E-state index contributed by atoms with van der Waals surface area (Å²) in [6, 6.07) is 3.46. The van der Waals surface area contributed by atoms with Crippen molar-refractivity contribution >= 4 is 5.69 Å². The fourth-order valence-corrected chi connectivity index (χ4v) is 1.34. The molecule has 1 heterocycles. The molecule has 5 nitrogen and oxygen atoms in total. The number of hydrogen-bond acceptors (Lipinski definition) is 5. The van der Waals surface area contributed by atoms with E-state index in [0.717, 1.165) is 0 Å². The molecule has 0 aliphatic heterocycles. The van der Waals surface area contributed by atoms with E-state index in [-0.39, 0.29) is 6.10 Å². The quantitative estimate of drug-likeness (QED) is 0.807. The molecule has 1 atom stereocenters. The molecular formula is C13H22N2O3. The summed E-state index contributed by atoms with van der Waals surface area (Å²) in [4.78, 5) is 4.24. The summed E-state index contributed by atoms with van der Waals surface area (Å²) in [5, 5.41) is 0. The van der Waals surface area contributed by atoms with E-state index in [1.54, 1.807) is 19.2 Å². The van der Waals surface area contributed by atoms with Gasteiger partial charge in [-0.25, -0.2) is 0 Å². The van der Waals surface area contributed by atoms with Crippen molar-refractivity contribution in [1.29, 1.82) is 0 Å². The van der Waals surface area contributed by atoms with Gasteiger partial charge in [-0.15, -0.1) is 0 Å². The Balaban J connectivity index is 2.67. The second-order valence-electron chi connectivity index (χ2n) is 4.63. The highest BCUT2D eigenvalue weighted by Gasteiger charge is 2.09. The van der Waals surface area contributed by atoms with Crippen molar-refractivity contribution in [3.05, 3.63) is 12.1 Å². The Kier molecular flexibility index (Phi) is 5.71. The maximum absolute atomic E-state index is 5.80. The lowest BCUT2D eigenvalue weighted by Crippen LogP contribution is -2.19. The molecule has 1 aromatic rings. The minimum atomic E-state index is -0.0657. The Hall–Kier alpha value is -1.49. The molecule has 18 heavy (non-hydrogen) atoms. The Labute approximate surface area is 108 Å². The predicted octanol–water partition coefficient (Wildman–Crippen LogP) is 2.11. The van der Waals surface area contributed by atoms with Gasteiger partial charge < -0.3 is 19.9 Å². The number of aromatic nitrogens is 1. The SMILES string of the molecule is COCC(C)Oc1ccc(N)c(OCC(C)C)n1. The molecule has 0 aromatic carbocycles. The minimum absolute atomic E-state index is 0.0657. The summed E-state index contributed by atoms with van der Waals surface area (Å²) in [6.07, 6.45) is -0.0657. The summed E-state index contributed by atoms with van der Waals surface area (Å²) in [6.45, 7) is 7.13. The number of hydrogen-bond donors (Lipinski definition) is 1. The predicted molar refractivity (Wildman–Crippen MR) is 70.9 cm³/mol. The monoisotopic (exact) mass is 254 g/mol. The number of nitrogens with two attached hydrogens (primary N) is 1. The van der Waals surface area contributed by atoms with E-state index in [4.69, 9.17) is 19.9 Å². The summed E-state index contributed by atoms with van der Waals surface area (Å²) in [7, 11) is 1.63. The summed E-state index contributed by atoms with van der Waals surface area (Å²) >= 11 is 0. The standard InChI is InChI=1S/C13H22N2O3/c1-9(2)7-17-13-11(14)5-6-12(15-13)18-10(3)8-16-4/h5-6,9-10H,7-8,14H2,1-4H3. The van der Waals surface area contributed by atoms with Crippen LogP contribution in [0.25, 0.3) is 0 Å². The van der Waals surface area contributed by atoms with Crippen molar-refractivity contribution in [2.24, 2.45) is 5.92 Å². The molecule has 2 N–H and O–H groups in total. The normalized spacial score (nSPS) is 12.5. The molecule has 1 aromatic heterocycles. The number of pyridine rings is 1. The van der Waals surface area contributed by atoms with Gasteiger partial charge in [0.05, 0.1) is 18.9 Å². The first-order chi connectivity index (χ1) is 8.52. The van der Waals surface area contributed by atoms with E-state index in [1.165, 1.54) is 0 Å². The van der Waals surface area contributed by atoms with Gasteiger partial charge in [-0.2, -0.15) is 4.98 Å². The molecular weight excluding hydrogens is 232 g/mol. The average Bonchev–Trinajstić information content (AvgIpc) is 2.30. The van der Waals surface area contributed by atoms with Gasteiger partial charge >= 0.3 is 0 Å². The molecule has 0 aliphatic carbocycles. The second kappa shape index (κ2) is 7.06. The first kappa shape index (κ1) is 14.6. The van der Waals surface area contributed by atoms with Crippen molar-refractivity contribution in [3.63, 3.8) is 0 Å². The van der Waals surface area contributed by atoms with E-state index in [1.807, 2.05) is 6.92 Å². The highest BCUT2D eigenvalue weighted by molar-refractivity contribution is 5.49. The number of rotatable bonds is 7. The lowest BCUT2D eigenvalue weighted by Gasteiger charge is -2.15. The molecule has 0 fully saturated rings. The highest BCUT2D eigenvalue weighted by atomic mass is 16.5. The van der Waals surface area contributed by atoms with Crippen molar-refractivity contribution in [3.8, 4) is 11.8 Å². The molecule has 1 rings (SSSR count). The molecule has 0 aliphatic rings. The van der Waals surface area contributed by atoms with Crippen LogP contribution in [0.3, 0.4) is 0 Å². The van der Waals surface area contributed by atoms with Crippen LogP contribution >= 0.6 is 0 Å².